The molecule has 0 saturated carbocycles. The Morgan fingerprint density at radius 3 is 2.50 bits per heavy atom. The summed E-state index contributed by atoms with van der Waals surface area (Å²) >= 11 is 0. The minimum absolute atomic E-state index is 0.0494. The van der Waals surface area contributed by atoms with Gasteiger partial charge in [-0.05, 0) is 56.0 Å². The van der Waals surface area contributed by atoms with Crippen molar-refractivity contribution in [2.24, 2.45) is 11.8 Å². The molecule has 164 valence electrons. The average molecular weight is 434 g/mol. The molecule has 3 heterocycles. The summed E-state index contributed by atoms with van der Waals surface area (Å²) in [5.41, 5.74) is 1.72. The summed E-state index contributed by atoms with van der Waals surface area (Å²) in [5, 5.41) is 0. The third kappa shape index (κ3) is 3.75. The van der Waals surface area contributed by atoms with Gasteiger partial charge in [0.2, 0.25) is 15.9 Å². The number of hydrogen-bond acceptors (Lipinski definition) is 5. The molecule has 2 amide bonds. The van der Waals surface area contributed by atoms with Gasteiger partial charge in [-0.3, -0.25) is 14.5 Å². The van der Waals surface area contributed by atoms with E-state index in [0.29, 0.717) is 18.5 Å². The number of fused-ring (bicyclic) bond motifs is 1. The lowest BCUT2D eigenvalue weighted by molar-refractivity contribution is -0.129. The molecule has 7 nitrogen and oxygen atoms in total. The second-order valence-corrected chi connectivity index (χ2v) is 11.1. The lowest BCUT2D eigenvalue weighted by Crippen LogP contribution is -2.44. The molecule has 8 heteroatoms. The van der Waals surface area contributed by atoms with E-state index < -0.39 is 28.0 Å². The van der Waals surface area contributed by atoms with Crippen molar-refractivity contribution in [1.29, 1.82) is 0 Å². The Kier molecular flexibility index (Phi) is 5.66. The van der Waals surface area contributed by atoms with Crippen molar-refractivity contribution < 1.29 is 18.0 Å². The Morgan fingerprint density at radius 2 is 1.87 bits per heavy atom. The molecule has 3 atom stereocenters. The Morgan fingerprint density at radius 1 is 1.17 bits per heavy atom. The van der Waals surface area contributed by atoms with Crippen molar-refractivity contribution in [3.63, 3.8) is 0 Å². The first-order chi connectivity index (χ1) is 14.2. The van der Waals surface area contributed by atoms with E-state index in [4.69, 9.17) is 0 Å². The van der Waals surface area contributed by atoms with E-state index >= 15 is 0 Å². The van der Waals surface area contributed by atoms with Crippen LogP contribution in [0.15, 0.2) is 24.3 Å². The van der Waals surface area contributed by atoms with E-state index in [1.54, 1.807) is 4.90 Å². The van der Waals surface area contributed by atoms with E-state index in [2.05, 4.69) is 4.90 Å². The van der Waals surface area contributed by atoms with Gasteiger partial charge in [0.25, 0.3) is 5.91 Å². The van der Waals surface area contributed by atoms with Crippen molar-refractivity contribution in [2.45, 2.75) is 51.7 Å². The van der Waals surface area contributed by atoms with Crippen molar-refractivity contribution >= 4 is 21.8 Å². The molecule has 3 aliphatic rings. The minimum Gasteiger partial charge on any atom is -0.333 e. The molecule has 0 unspecified atom stereocenters. The highest BCUT2D eigenvalue weighted by Crippen LogP contribution is 2.41. The van der Waals surface area contributed by atoms with Crippen LogP contribution in [-0.2, 0) is 21.4 Å². The maximum atomic E-state index is 13.4. The van der Waals surface area contributed by atoms with Crippen molar-refractivity contribution in [3.05, 3.63) is 35.4 Å². The second kappa shape index (κ2) is 7.96. The monoisotopic (exact) mass is 433 g/mol. The van der Waals surface area contributed by atoms with Crippen LogP contribution in [0.4, 0.5) is 0 Å². The third-order valence-corrected chi connectivity index (χ3v) is 7.87. The molecule has 3 fully saturated rings. The molecule has 1 aromatic rings. The first-order valence-corrected chi connectivity index (χ1v) is 12.7. The zero-order valence-electron chi connectivity index (χ0n) is 18.0. The summed E-state index contributed by atoms with van der Waals surface area (Å²) in [6.45, 7) is 7.32. The molecule has 0 spiro atoms. The van der Waals surface area contributed by atoms with Crippen LogP contribution in [0.2, 0.25) is 0 Å². The number of nitrogens with zero attached hydrogens (tertiary/aromatic N) is 3. The van der Waals surface area contributed by atoms with E-state index in [9.17, 15) is 18.0 Å². The largest absolute Gasteiger partial charge is 0.333 e. The maximum Gasteiger partial charge on any atom is 0.254 e. The van der Waals surface area contributed by atoms with Crippen LogP contribution >= 0.6 is 0 Å². The number of hydrogen-bond donors (Lipinski definition) is 0. The molecule has 30 heavy (non-hydrogen) atoms. The fraction of sp³-hybridized carbons (Fsp3) is 0.636. The molecular formula is C22H31N3O4S. The standard InChI is InChI=1S/C22H31N3O4S/c1-15(2)19-20-18(25(22(19)27)30(3,28)29)9-12-24(20)21(26)17-8-6-7-16(13-17)14-23-10-4-5-11-23/h6-8,13,15,18-20H,4-5,9-12,14H2,1-3H3/t18-,19+,20-/m0/s1. The van der Waals surface area contributed by atoms with Crippen LogP contribution in [-0.4, -0.2) is 72.3 Å². The molecular weight excluding hydrogens is 402 g/mol. The van der Waals surface area contributed by atoms with Crippen LogP contribution in [0.1, 0.15) is 49.0 Å². The number of rotatable bonds is 5. The van der Waals surface area contributed by atoms with Gasteiger partial charge in [0.1, 0.15) is 0 Å². The number of sulfonamides is 1. The molecule has 0 N–H and O–H groups in total. The highest BCUT2D eigenvalue weighted by atomic mass is 32.2. The van der Waals surface area contributed by atoms with Gasteiger partial charge in [0.05, 0.1) is 24.3 Å². The number of carbonyl (C=O) groups is 2. The minimum atomic E-state index is -3.67. The number of likely N-dealkylation sites (tertiary alicyclic amines) is 2. The fourth-order valence-electron chi connectivity index (χ4n) is 5.44. The van der Waals surface area contributed by atoms with Crippen molar-refractivity contribution in [2.75, 3.05) is 25.9 Å². The van der Waals surface area contributed by atoms with Gasteiger partial charge in [-0.1, -0.05) is 26.0 Å². The van der Waals surface area contributed by atoms with Crippen molar-refractivity contribution in [1.82, 2.24) is 14.1 Å². The molecule has 1 aromatic carbocycles. The van der Waals surface area contributed by atoms with Gasteiger partial charge in [0.15, 0.2) is 0 Å². The average Bonchev–Trinajstić information content (AvgIpc) is 3.36. The van der Waals surface area contributed by atoms with Crippen LogP contribution in [0, 0.1) is 11.8 Å². The quantitative estimate of drug-likeness (QED) is 0.709. The van der Waals surface area contributed by atoms with Crippen LogP contribution < -0.4 is 0 Å². The molecule has 4 rings (SSSR count). The number of benzene rings is 1. The van der Waals surface area contributed by atoms with Crippen LogP contribution in [0.5, 0.6) is 0 Å². The molecule has 0 aromatic heterocycles. The van der Waals surface area contributed by atoms with E-state index in [0.717, 1.165) is 35.8 Å². The summed E-state index contributed by atoms with van der Waals surface area (Å²) in [4.78, 5) is 30.5. The summed E-state index contributed by atoms with van der Waals surface area (Å²) in [6, 6.07) is 6.86. The highest BCUT2D eigenvalue weighted by molar-refractivity contribution is 7.88. The first kappa shape index (κ1) is 21.3. The summed E-state index contributed by atoms with van der Waals surface area (Å²) in [7, 11) is -3.67. The first-order valence-electron chi connectivity index (χ1n) is 10.8. The zero-order chi connectivity index (χ0) is 21.6. The summed E-state index contributed by atoms with van der Waals surface area (Å²) < 4.78 is 25.7. The molecule has 3 aliphatic heterocycles. The van der Waals surface area contributed by atoms with Crippen LogP contribution in [0.25, 0.3) is 0 Å². The van der Waals surface area contributed by atoms with Gasteiger partial charge in [-0.25, -0.2) is 12.7 Å². The lowest BCUT2D eigenvalue weighted by Gasteiger charge is -2.29. The van der Waals surface area contributed by atoms with Gasteiger partial charge in [0, 0.05) is 18.7 Å². The Hall–Kier alpha value is -1.93. The van der Waals surface area contributed by atoms with E-state index in [1.165, 1.54) is 12.8 Å². The second-order valence-electron chi connectivity index (χ2n) is 9.20. The molecule has 0 bridgehead atoms. The lowest BCUT2D eigenvalue weighted by atomic mass is 9.88. The molecule has 3 saturated heterocycles. The normalized spacial score (nSPS) is 27.3. The van der Waals surface area contributed by atoms with Gasteiger partial charge >= 0.3 is 0 Å². The zero-order valence-corrected chi connectivity index (χ0v) is 18.8. The van der Waals surface area contributed by atoms with E-state index in [-0.39, 0.29) is 17.7 Å². The summed E-state index contributed by atoms with van der Waals surface area (Å²) in [5.74, 6) is -1.03. The van der Waals surface area contributed by atoms with E-state index in [1.807, 2.05) is 38.1 Å². The summed E-state index contributed by atoms with van der Waals surface area (Å²) in [6.07, 6.45) is 4.01. The fourth-order valence-corrected chi connectivity index (χ4v) is 6.61. The Bertz CT molecular complexity index is 939. The van der Waals surface area contributed by atoms with Gasteiger partial charge in [-0.2, -0.15) is 0 Å². The number of amides is 2. The van der Waals surface area contributed by atoms with Gasteiger partial charge < -0.3 is 4.90 Å². The van der Waals surface area contributed by atoms with Crippen molar-refractivity contribution in [3.8, 4) is 0 Å². The smallest absolute Gasteiger partial charge is 0.254 e. The van der Waals surface area contributed by atoms with Gasteiger partial charge in [-0.15, -0.1) is 0 Å². The molecule has 0 radical (unpaired) electrons. The Labute approximate surface area is 179 Å². The third-order valence-electron chi connectivity index (χ3n) is 6.71. The SMILES string of the molecule is CC(C)[C@H]1C(=O)N(S(C)(=O)=O)[C@H]2CCN(C(=O)c3cccc(CN4CCCC4)c3)[C@H]12. The van der Waals surface area contributed by atoms with Crippen LogP contribution in [0.3, 0.4) is 0 Å². The maximum absolute atomic E-state index is 13.4. The highest BCUT2D eigenvalue weighted by Gasteiger charge is 2.58. The number of carbonyl (C=O) groups excluding carboxylic acids is 2. The topological polar surface area (TPSA) is 78.0 Å². The predicted molar refractivity (Wildman–Crippen MR) is 114 cm³/mol. The predicted octanol–water partition coefficient (Wildman–Crippen LogP) is 1.94. The Balaban J connectivity index is 1.60. The molecule has 0 aliphatic carbocycles.